The van der Waals surface area contributed by atoms with Crippen molar-refractivity contribution in [1.82, 2.24) is 20.9 Å². The van der Waals surface area contributed by atoms with Crippen LogP contribution in [0.4, 0.5) is 5.13 Å². The van der Waals surface area contributed by atoms with Gasteiger partial charge in [0.25, 0.3) is 5.91 Å². The van der Waals surface area contributed by atoms with Crippen LogP contribution in [0, 0.1) is 6.92 Å². The molecular formula is C17H27N5O3S. The van der Waals surface area contributed by atoms with Crippen LogP contribution in [0.2, 0.25) is 0 Å². The number of methoxy groups -OCH3 is 1. The second kappa shape index (κ2) is 8.79. The van der Waals surface area contributed by atoms with Gasteiger partial charge in [0.05, 0.1) is 17.8 Å². The van der Waals surface area contributed by atoms with Gasteiger partial charge in [-0.1, -0.05) is 11.3 Å². The van der Waals surface area contributed by atoms with E-state index in [1.165, 1.54) is 11.3 Å². The molecule has 2 atom stereocenters. The molecule has 0 aromatic carbocycles. The van der Waals surface area contributed by atoms with Crippen LogP contribution >= 0.6 is 11.3 Å². The number of piperidine rings is 2. The number of carbonyl (C=O) groups excluding carboxylic acids is 2. The number of nitrogens with zero attached hydrogens (tertiary/aromatic N) is 2. The van der Waals surface area contributed by atoms with Gasteiger partial charge < -0.3 is 25.6 Å². The first-order chi connectivity index (χ1) is 12.6. The van der Waals surface area contributed by atoms with Gasteiger partial charge in [0.2, 0.25) is 6.41 Å². The Morgan fingerprint density at radius 3 is 2.85 bits per heavy atom. The summed E-state index contributed by atoms with van der Waals surface area (Å²) >= 11 is 1.43. The van der Waals surface area contributed by atoms with Crippen LogP contribution in [0.15, 0.2) is 0 Å². The highest BCUT2D eigenvalue weighted by atomic mass is 32.1. The standard InChI is InChI=1S/C17H27N5O3S/c1-11-15(16(24)21-12-3-6-18-7-4-12)26-17(20-11)22-8-5-13(19-10-23)14(9-22)25-2/h10,12-14,18H,3-9H2,1-2H3,(H,19,23)(H,21,24)/t13-,14+/m1/s1. The van der Waals surface area contributed by atoms with E-state index in [-0.39, 0.29) is 24.1 Å². The van der Waals surface area contributed by atoms with E-state index in [2.05, 4.69) is 25.8 Å². The highest BCUT2D eigenvalue weighted by Gasteiger charge is 2.31. The maximum atomic E-state index is 12.6. The minimum absolute atomic E-state index is 0.0116. The van der Waals surface area contributed by atoms with Crippen molar-refractivity contribution in [3.63, 3.8) is 0 Å². The molecule has 2 saturated heterocycles. The molecule has 1 aromatic heterocycles. The molecule has 2 aliphatic heterocycles. The monoisotopic (exact) mass is 381 g/mol. The first kappa shape index (κ1) is 19.1. The predicted octanol–water partition coefficient (Wildman–Crippen LogP) is 0.273. The van der Waals surface area contributed by atoms with Gasteiger partial charge in [0, 0.05) is 26.2 Å². The quantitative estimate of drug-likeness (QED) is 0.613. The van der Waals surface area contributed by atoms with Gasteiger partial charge in [0.1, 0.15) is 4.88 Å². The molecule has 144 valence electrons. The van der Waals surface area contributed by atoms with Crippen molar-refractivity contribution in [2.24, 2.45) is 0 Å². The fourth-order valence-electron chi connectivity index (χ4n) is 3.55. The van der Waals surface area contributed by atoms with E-state index in [1.807, 2.05) is 6.92 Å². The number of rotatable bonds is 6. The maximum Gasteiger partial charge on any atom is 0.263 e. The summed E-state index contributed by atoms with van der Waals surface area (Å²) < 4.78 is 5.52. The number of thiazole rings is 1. The molecule has 0 saturated carbocycles. The number of carbonyl (C=O) groups is 2. The third-order valence-corrected chi connectivity index (χ3v) is 6.30. The Hall–Kier alpha value is -1.71. The molecular weight excluding hydrogens is 354 g/mol. The van der Waals surface area contributed by atoms with E-state index in [4.69, 9.17) is 4.74 Å². The third-order valence-electron chi connectivity index (χ3n) is 5.08. The van der Waals surface area contributed by atoms with Crippen LogP contribution in [0.25, 0.3) is 0 Å². The van der Waals surface area contributed by atoms with E-state index in [1.54, 1.807) is 7.11 Å². The van der Waals surface area contributed by atoms with Crippen LogP contribution in [-0.2, 0) is 9.53 Å². The highest BCUT2D eigenvalue weighted by Crippen LogP contribution is 2.29. The molecule has 2 fully saturated rings. The second-order valence-electron chi connectivity index (χ2n) is 6.81. The van der Waals surface area contributed by atoms with Crippen molar-refractivity contribution in [2.45, 2.75) is 44.4 Å². The molecule has 0 radical (unpaired) electrons. The molecule has 0 aliphatic carbocycles. The lowest BCUT2D eigenvalue weighted by atomic mass is 10.0. The summed E-state index contributed by atoms with van der Waals surface area (Å²) in [6.45, 7) is 5.18. The van der Waals surface area contributed by atoms with Crippen LogP contribution in [-0.4, -0.2) is 68.8 Å². The van der Waals surface area contributed by atoms with Gasteiger partial charge in [-0.15, -0.1) is 0 Å². The Morgan fingerprint density at radius 1 is 1.38 bits per heavy atom. The molecule has 0 unspecified atom stereocenters. The van der Waals surface area contributed by atoms with Crippen molar-refractivity contribution in [2.75, 3.05) is 38.2 Å². The minimum atomic E-state index is -0.0924. The highest BCUT2D eigenvalue weighted by molar-refractivity contribution is 7.17. The lowest BCUT2D eigenvalue weighted by Gasteiger charge is -2.37. The van der Waals surface area contributed by atoms with Crippen LogP contribution in [0.5, 0.6) is 0 Å². The molecule has 2 aliphatic rings. The summed E-state index contributed by atoms with van der Waals surface area (Å²) in [5.74, 6) is -0.0288. The third kappa shape index (κ3) is 4.33. The number of amides is 2. The van der Waals surface area contributed by atoms with Crippen molar-refractivity contribution in [3.05, 3.63) is 10.6 Å². The van der Waals surface area contributed by atoms with Crippen LogP contribution in [0.1, 0.15) is 34.6 Å². The zero-order valence-corrected chi connectivity index (χ0v) is 16.1. The number of anilines is 1. The SMILES string of the molecule is CO[C@H]1CN(c2nc(C)c(C(=O)NC3CCNCC3)s2)CC[C@H]1NC=O. The second-order valence-corrected chi connectivity index (χ2v) is 7.79. The Labute approximate surface area is 157 Å². The van der Waals surface area contributed by atoms with Crippen molar-refractivity contribution < 1.29 is 14.3 Å². The summed E-state index contributed by atoms with van der Waals surface area (Å²) in [5.41, 5.74) is 0.763. The molecule has 2 amide bonds. The van der Waals surface area contributed by atoms with Crippen molar-refractivity contribution in [1.29, 1.82) is 0 Å². The Kier molecular flexibility index (Phi) is 6.44. The van der Waals surface area contributed by atoms with Gasteiger partial charge in [-0.2, -0.15) is 0 Å². The van der Waals surface area contributed by atoms with Crippen LogP contribution in [0.3, 0.4) is 0 Å². The molecule has 3 rings (SSSR count). The van der Waals surface area contributed by atoms with Crippen molar-refractivity contribution >= 4 is 28.8 Å². The van der Waals surface area contributed by atoms with E-state index in [0.29, 0.717) is 11.4 Å². The fourth-order valence-corrected chi connectivity index (χ4v) is 4.56. The van der Waals surface area contributed by atoms with E-state index >= 15 is 0 Å². The molecule has 9 heteroatoms. The molecule has 26 heavy (non-hydrogen) atoms. The van der Waals surface area contributed by atoms with Gasteiger partial charge in [-0.25, -0.2) is 4.98 Å². The van der Waals surface area contributed by atoms with Gasteiger partial charge >= 0.3 is 0 Å². The largest absolute Gasteiger partial charge is 0.377 e. The Morgan fingerprint density at radius 2 is 2.15 bits per heavy atom. The molecule has 3 heterocycles. The summed E-state index contributed by atoms with van der Waals surface area (Å²) in [6, 6.07) is 0.245. The van der Waals surface area contributed by atoms with Crippen molar-refractivity contribution in [3.8, 4) is 0 Å². The summed E-state index contributed by atoms with van der Waals surface area (Å²) in [7, 11) is 1.65. The summed E-state index contributed by atoms with van der Waals surface area (Å²) in [6.07, 6.45) is 3.34. The fraction of sp³-hybridized carbons (Fsp3) is 0.706. The normalized spacial score (nSPS) is 24.3. The topological polar surface area (TPSA) is 95.6 Å². The number of nitrogens with one attached hydrogen (secondary N) is 3. The van der Waals surface area contributed by atoms with Gasteiger partial charge in [-0.3, -0.25) is 9.59 Å². The Balaban J connectivity index is 1.65. The zero-order chi connectivity index (χ0) is 18.5. The van der Waals surface area contributed by atoms with Gasteiger partial charge in [-0.05, 0) is 39.3 Å². The van der Waals surface area contributed by atoms with Crippen LogP contribution < -0.4 is 20.9 Å². The molecule has 1 aromatic rings. The van der Waals surface area contributed by atoms with E-state index in [0.717, 1.165) is 56.1 Å². The number of aromatic nitrogens is 1. The smallest absolute Gasteiger partial charge is 0.263 e. The number of ether oxygens (including phenoxy) is 1. The maximum absolute atomic E-state index is 12.6. The molecule has 0 spiro atoms. The zero-order valence-electron chi connectivity index (χ0n) is 15.3. The number of hydrogen-bond donors (Lipinski definition) is 3. The molecule has 0 bridgehead atoms. The summed E-state index contributed by atoms with van der Waals surface area (Å²) in [4.78, 5) is 30.8. The van der Waals surface area contributed by atoms with E-state index in [9.17, 15) is 9.59 Å². The van der Waals surface area contributed by atoms with Gasteiger partial charge in [0.15, 0.2) is 5.13 Å². The van der Waals surface area contributed by atoms with E-state index < -0.39 is 0 Å². The first-order valence-corrected chi connectivity index (χ1v) is 9.90. The number of hydrogen-bond acceptors (Lipinski definition) is 7. The average Bonchev–Trinajstić information content (AvgIpc) is 3.05. The summed E-state index contributed by atoms with van der Waals surface area (Å²) in [5, 5.41) is 10.1. The lowest BCUT2D eigenvalue weighted by Crippen LogP contribution is -2.53. The first-order valence-electron chi connectivity index (χ1n) is 9.08. The minimum Gasteiger partial charge on any atom is -0.377 e. The lowest BCUT2D eigenvalue weighted by molar-refractivity contribution is -0.111. The number of aryl methyl sites for hydroxylation is 1. The molecule has 8 nitrogen and oxygen atoms in total. The Bertz CT molecular complexity index is 632. The predicted molar refractivity (Wildman–Crippen MR) is 101 cm³/mol. The molecule has 3 N–H and O–H groups in total. The average molecular weight is 382 g/mol.